The van der Waals surface area contributed by atoms with E-state index in [1.807, 2.05) is 12.1 Å². The lowest BCUT2D eigenvalue weighted by Gasteiger charge is -2.38. The highest BCUT2D eigenvalue weighted by atomic mass is 16.5. The van der Waals surface area contributed by atoms with Gasteiger partial charge in [-0.1, -0.05) is 6.07 Å². The first-order chi connectivity index (χ1) is 13.1. The number of hydrogen-bond donors (Lipinski definition) is 2. The summed E-state index contributed by atoms with van der Waals surface area (Å²) in [6.07, 6.45) is 4.95. The van der Waals surface area contributed by atoms with E-state index in [0.717, 1.165) is 37.1 Å². The fraction of sp³-hybridized carbons (Fsp3) is 0.619. The Labute approximate surface area is 159 Å². The van der Waals surface area contributed by atoms with Crippen LogP contribution in [-0.4, -0.2) is 47.6 Å². The van der Waals surface area contributed by atoms with Gasteiger partial charge < -0.3 is 20.1 Å². The Morgan fingerprint density at radius 2 is 2.15 bits per heavy atom. The largest absolute Gasteiger partial charge is 0.493 e. The molecule has 2 N–H and O–H groups in total. The van der Waals surface area contributed by atoms with E-state index in [4.69, 9.17) is 4.74 Å². The normalized spacial score (nSPS) is 25.4. The minimum atomic E-state index is -0.266. The molecule has 0 unspecified atom stereocenters. The second-order valence-electron chi connectivity index (χ2n) is 7.98. The van der Waals surface area contributed by atoms with Crippen molar-refractivity contribution in [1.29, 1.82) is 0 Å². The molecule has 2 aliphatic heterocycles. The maximum absolute atomic E-state index is 12.6. The van der Waals surface area contributed by atoms with E-state index in [2.05, 4.69) is 11.4 Å². The highest BCUT2D eigenvalue weighted by molar-refractivity contribution is 5.79. The van der Waals surface area contributed by atoms with E-state index >= 15 is 0 Å². The number of fused-ring (bicyclic) bond motifs is 1. The lowest BCUT2D eigenvalue weighted by molar-refractivity contribution is -0.134. The number of nitrogens with zero attached hydrogens (tertiary/aromatic N) is 1. The molecule has 1 aliphatic carbocycles. The minimum Gasteiger partial charge on any atom is -0.493 e. The van der Waals surface area contributed by atoms with Crippen molar-refractivity contribution in [2.75, 3.05) is 19.7 Å². The molecule has 1 aromatic carbocycles. The van der Waals surface area contributed by atoms with Crippen LogP contribution in [0.4, 0.5) is 0 Å². The summed E-state index contributed by atoms with van der Waals surface area (Å²) in [6, 6.07) is 6.04. The summed E-state index contributed by atoms with van der Waals surface area (Å²) in [4.78, 5) is 26.3. The zero-order chi connectivity index (χ0) is 18.8. The number of likely N-dealkylation sites (tertiary alicyclic amines) is 1. The van der Waals surface area contributed by atoms with Crippen LogP contribution in [0.15, 0.2) is 18.2 Å². The van der Waals surface area contributed by atoms with Gasteiger partial charge in [0.05, 0.1) is 18.8 Å². The fourth-order valence-corrected chi connectivity index (χ4v) is 4.36. The average Bonchev–Trinajstić information content (AvgIpc) is 3.11. The van der Waals surface area contributed by atoms with Gasteiger partial charge in [-0.25, -0.2) is 0 Å². The summed E-state index contributed by atoms with van der Waals surface area (Å²) in [7, 11) is 0. The predicted octanol–water partition coefficient (Wildman–Crippen LogP) is 1.95. The van der Waals surface area contributed by atoms with Gasteiger partial charge >= 0.3 is 0 Å². The Balaban J connectivity index is 1.40. The first-order valence-corrected chi connectivity index (χ1v) is 10.1. The molecule has 6 nitrogen and oxygen atoms in total. The summed E-state index contributed by atoms with van der Waals surface area (Å²) in [5, 5.41) is 12.9. The van der Waals surface area contributed by atoms with Crippen LogP contribution in [0, 0.1) is 5.92 Å². The van der Waals surface area contributed by atoms with E-state index in [-0.39, 0.29) is 29.9 Å². The second-order valence-corrected chi connectivity index (χ2v) is 7.98. The molecule has 27 heavy (non-hydrogen) atoms. The van der Waals surface area contributed by atoms with Crippen LogP contribution in [0.1, 0.15) is 55.7 Å². The van der Waals surface area contributed by atoms with Gasteiger partial charge in [-0.15, -0.1) is 0 Å². The quantitative estimate of drug-likeness (QED) is 0.800. The Kier molecular flexibility index (Phi) is 5.34. The first kappa shape index (κ1) is 18.3. The summed E-state index contributed by atoms with van der Waals surface area (Å²) in [6.45, 7) is 1.96. The van der Waals surface area contributed by atoms with E-state index in [9.17, 15) is 14.7 Å². The molecule has 1 atom stereocenters. The number of rotatable bonds is 6. The molecule has 0 radical (unpaired) electrons. The molecule has 4 rings (SSSR count). The van der Waals surface area contributed by atoms with Gasteiger partial charge in [-0.3, -0.25) is 9.59 Å². The molecule has 1 saturated heterocycles. The number of piperidine rings is 1. The lowest BCUT2D eigenvalue weighted by Crippen LogP contribution is -2.43. The van der Waals surface area contributed by atoms with Crippen molar-refractivity contribution in [3.05, 3.63) is 29.3 Å². The number of nitrogens with one attached hydrogen (secondary N) is 1. The Morgan fingerprint density at radius 1 is 1.30 bits per heavy atom. The molecule has 2 amide bonds. The van der Waals surface area contributed by atoms with Crippen LogP contribution in [0.5, 0.6) is 5.75 Å². The number of aliphatic hydroxyl groups excluding tert-OH is 1. The van der Waals surface area contributed by atoms with Gasteiger partial charge in [0, 0.05) is 32.4 Å². The average molecular weight is 372 g/mol. The molecule has 146 valence electrons. The third-order valence-electron chi connectivity index (χ3n) is 6.04. The van der Waals surface area contributed by atoms with Crippen molar-refractivity contribution >= 4 is 11.8 Å². The lowest BCUT2D eigenvalue weighted by atomic mass is 9.74. The summed E-state index contributed by atoms with van der Waals surface area (Å²) in [5.41, 5.74) is 2.27. The SMILES string of the molecule is O=C(CCN1CCCCC1=O)N[C@@H](c1ccc2c(c1)CCO2)C1CC(O)C1. The van der Waals surface area contributed by atoms with Crippen LogP contribution in [0.3, 0.4) is 0 Å². The number of ether oxygens (including phenoxy) is 1. The Morgan fingerprint density at radius 3 is 2.93 bits per heavy atom. The minimum absolute atomic E-state index is 0.0310. The highest BCUT2D eigenvalue weighted by Crippen LogP contribution is 2.39. The molecule has 3 aliphatic rings. The molecule has 0 spiro atoms. The van der Waals surface area contributed by atoms with Crippen LogP contribution >= 0.6 is 0 Å². The van der Waals surface area contributed by atoms with Gasteiger partial charge in [0.25, 0.3) is 0 Å². The van der Waals surface area contributed by atoms with Crippen molar-refractivity contribution < 1.29 is 19.4 Å². The van der Waals surface area contributed by atoms with Crippen LogP contribution in [-0.2, 0) is 16.0 Å². The van der Waals surface area contributed by atoms with E-state index in [0.29, 0.717) is 38.8 Å². The van der Waals surface area contributed by atoms with Crippen molar-refractivity contribution in [2.45, 2.75) is 57.1 Å². The second kappa shape index (κ2) is 7.89. The van der Waals surface area contributed by atoms with E-state index in [1.165, 1.54) is 5.56 Å². The summed E-state index contributed by atoms with van der Waals surface area (Å²) >= 11 is 0. The van der Waals surface area contributed by atoms with Crippen molar-refractivity contribution in [3.8, 4) is 5.75 Å². The van der Waals surface area contributed by atoms with Gasteiger partial charge in [0.15, 0.2) is 0 Å². The maximum Gasteiger partial charge on any atom is 0.222 e. The number of hydrogen-bond acceptors (Lipinski definition) is 4. The Bertz CT molecular complexity index is 714. The Hall–Kier alpha value is -2.08. The number of carbonyl (C=O) groups excluding carboxylic acids is 2. The van der Waals surface area contributed by atoms with Crippen LogP contribution in [0.2, 0.25) is 0 Å². The molecule has 0 aromatic heterocycles. The predicted molar refractivity (Wildman–Crippen MR) is 100 cm³/mol. The van der Waals surface area contributed by atoms with Crippen molar-refractivity contribution in [3.63, 3.8) is 0 Å². The summed E-state index contributed by atoms with van der Waals surface area (Å²) in [5.74, 6) is 1.31. The van der Waals surface area contributed by atoms with Crippen molar-refractivity contribution in [1.82, 2.24) is 10.2 Å². The number of aliphatic hydroxyl groups is 1. The number of amides is 2. The molecule has 2 fully saturated rings. The van der Waals surface area contributed by atoms with Gasteiger partial charge in [0.2, 0.25) is 11.8 Å². The van der Waals surface area contributed by atoms with Crippen molar-refractivity contribution in [2.24, 2.45) is 5.92 Å². The molecular formula is C21H28N2O4. The number of benzene rings is 1. The maximum atomic E-state index is 12.6. The molecule has 2 heterocycles. The van der Waals surface area contributed by atoms with Crippen LogP contribution < -0.4 is 10.1 Å². The molecule has 1 aromatic rings. The number of carbonyl (C=O) groups is 2. The topological polar surface area (TPSA) is 78.9 Å². The monoisotopic (exact) mass is 372 g/mol. The highest BCUT2D eigenvalue weighted by Gasteiger charge is 2.36. The third kappa shape index (κ3) is 4.10. The van der Waals surface area contributed by atoms with E-state index < -0.39 is 0 Å². The van der Waals surface area contributed by atoms with Gasteiger partial charge in [0.1, 0.15) is 5.75 Å². The van der Waals surface area contributed by atoms with Gasteiger partial charge in [-0.05, 0) is 54.9 Å². The fourth-order valence-electron chi connectivity index (χ4n) is 4.36. The zero-order valence-corrected chi connectivity index (χ0v) is 15.7. The van der Waals surface area contributed by atoms with E-state index in [1.54, 1.807) is 4.90 Å². The smallest absolute Gasteiger partial charge is 0.222 e. The summed E-state index contributed by atoms with van der Waals surface area (Å²) < 4.78 is 5.58. The van der Waals surface area contributed by atoms with Gasteiger partial charge in [-0.2, -0.15) is 0 Å². The standard InChI is InChI=1S/C21H28N2O4/c24-17-12-16(13-17)21(15-4-5-18-14(11-15)7-10-27-18)22-19(25)6-9-23-8-2-1-3-20(23)26/h4-5,11,16-17,21,24H,1-3,6-10,12-13H2,(H,22,25)/t16?,17?,21-/m0/s1. The molecule has 0 bridgehead atoms. The molecule has 1 saturated carbocycles. The third-order valence-corrected chi connectivity index (χ3v) is 6.04. The first-order valence-electron chi connectivity index (χ1n) is 10.1. The molecule has 6 heteroatoms. The zero-order valence-electron chi connectivity index (χ0n) is 15.7. The van der Waals surface area contributed by atoms with Crippen LogP contribution in [0.25, 0.3) is 0 Å². The molecular weight excluding hydrogens is 344 g/mol.